The number of halogens is 1. The lowest BCUT2D eigenvalue weighted by Gasteiger charge is -2.04. The van der Waals surface area contributed by atoms with E-state index in [0.717, 1.165) is 6.54 Å². The van der Waals surface area contributed by atoms with E-state index in [2.05, 4.69) is 0 Å². The topological polar surface area (TPSA) is 46.1 Å². The highest BCUT2D eigenvalue weighted by Gasteiger charge is 1.95. The van der Waals surface area contributed by atoms with Gasteiger partial charge in [-0.05, 0) is 24.3 Å². The van der Waals surface area contributed by atoms with E-state index in [9.17, 15) is 4.39 Å². The van der Waals surface area contributed by atoms with Crippen LogP contribution in [0, 0.1) is 5.82 Å². The van der Waals surface area contributed by atoms with E-state index in [-0.39, 0.29) is 12.4 Å². The number of rotatable bonds is 6. The summed E-state index contributed by atoms with van der Waals surface area (Å²) in [5, 5.41) is 10.5. The van der Waals surface area contributed by atoms with Crippen molar-refractivity contribution in [1.82, 2.24) is 0 Å². The first-order valence-electron chi connectivity index (χ1n) is 4.64. The first-order chi connectivity index (χ1) is 6.83. The molecule has 1 rings (SSSR count). The molecule has 0 atom stereocenters. The SMILES string of the molecule is OCC[NH2+]CCOc1ccc(F)cc1. The number of aliphatic hydroxyl groups excluding tert-OH is 1. The summed E-state index contributed by atoms with van der Waals surface area (Å²) in [7, 11) is 0. The van der Waals surface area contributed by atoms with Crippen LogP contribution in [0.15, 0.2) is 24.3 Å². The van der Waals surface area contributed by atoms with Gasteiger partial charge in [-0.15, -0.1) is 0 Å². The smallest absolute Gasteiger partial charge is 0.137 e. The first-order valence-corrected chi connectivity index (χ1v) is 4.64. The Morgan fingerprint density at radius 2 is 1.93 bits per heavy atom. The van der Waals surface area contributed by atoms with Gasteiger partial charge in [0.15, 0.2) is 0 Å². The molecule has 0 aromatic heterocycles. The molecule has 4 heteroatoms. The average Bonchev–Trinajstić information content (AvgIpc) is 2.21. The van der Waals surface area contributed by atoms with Gasteiger partial charge < -0.3 is 15.2 Å². The Hall–Kier alpha value is -1.13. The molecule has 0 saturated heterocycles. The van der Waals surface area contributed by atoms with Crippen molar-refractivity contribution in [2.24, 2.45) is 0 Å². The zero-order valence-corrected chi connectivity index (χ0v) is 7.95. The lowest BCUT2D eigenvalue weighted by molar-refractivity contribution is -0.656. The maximum Gasteiger partial charge on any atom is 0.137 e. The summed E-state index contributed by atoms with van der Waals surface area (Å²) in [4.78, 5) is 0. The third-order valence-corrected chi connectivity index (χ3v) is 1.74. The fourth-order valence-corrected chi connectivity index (χ4v) is 1.03. The lowest BCUT2D eigenvalue weighted by Crippen LogP contribution is -2.86. The van der Waals surface area contributed by atoms with Crippen LogP contribution < -0.4 is 10.1 Å². The molecule has 0 radical (unpaired) electrons. The zero-order chi connectivity index (χ0) is 10.2. The predicted molar refractivity (Wildman–Crippen MR) is 50.6 cm³/mol. The monoisotopic (exact) mass is 200 g/mol. The lowest BCUT2D eigenvalue weighted by atomic mass is 10.3. The van der Waals surface area contributed by atoms with E-state index in [1.54, 1.807) is 12.1 Å². The number of benzene rings is 1. The van der Waals surface area contributed by atoms with Crippen molar-refractivity contribution < 1.29 is 19.6 Å². The minimum absolute atomic E-state index is 0.177. The zero-order valence-electron chi connectivity index (χ0n) is 7.95. The molecular weight excluding hydrogens is 185 g/mol. The highest BCUT2D eigenvalue weighted by Crippen LogP contribution is 2.10. The van der Waals surface area contributed by atoms with E-state index in [0.29, 0.717) is 18.9 Å². The van der Waals surface area contributed by atoms with Crippen molar-refractivity contribution in [3.8, 4) is 5.75 Å². The molecule has 3 N–H and O–H groups in total. The predicted octanol–water partition coefficient (Wildman–Crippen LogP) is -0.240. The first kappa shape index (κ1) is 10.9. The van der Waals surface area contributed by atoms with E-state index in [4.69, 9.17) is 9.84 Å². The van der Waals surface area contributed by atoms with Gasteiger partial charge in [-0.25, -0.2) is 4.39 Å². The van der Waals surface area contributed by atoms with Crippen LogP contribution in [-0.2, 0) is 0 Å². The van der Waals surface area contributed by atoms with E-state index < -0.39 is 0 Å². The Bertz CT molecular complexity index is 251. The third-order valence-electron chi connectivity index (χ3n) is 1.74. The van der Waals surface area contributed by atoms with E-state index in [1.165, 1.54) is 12.1 Å². The van der Waals surface area contributed by atoms with Crippen molar-refractivity contribution in [2.45, 2.75) is 0 Å². The largest absolute Gasteiger partial charge is 0.488 e. The van der Waals surface area contributed by atoms with Gasteiger partial charge in [0, 0.05) is 0 Å². The van der Waals surface area contributed by atoms with Crippen molar-refractivity contribution in [3.63, 3.8) is 0 Å². The Labute approximate surface area is 82.5 Å². The van der Waals surface area contributed by atoms with Crippen LogP contribution in [0.25, 0.3) is 0 Å². The second-order valence-corrected chi connectivity index (χ2v) is 2.89. The summed E-state index contributed by atoms with van der Waals surface area (Å²) in [6.45, 7) is 2.22. The molecule has 0 amide bonds. The van der Waals surface area contributed by atoms with Crippen LogP contribution in [0.2, 0.25) is 0 Å². The number of nitrogens with two attached hydrogens (primary N) is 1. The molecule has 0 aliphatic carbocycles. The van der Waals surface area contributed by atoms with Crippen LogP contribution >= 0.6 is 0 Å². The van der Waals surface area contributed by atoms with Crippen LogP contribution in [0.1, 0.15) is 0 Å². The molecule has 0 heterocycles. The van der Waals surface area contributed by atoms with Crippen molar-refractivity contribution in [2.75, 3.05) is 26.3 Å². The van der Waals surface area contributed by atoms with Crippen LogP contribution in [-0.4, -0.2) is 31.4 Å². The molecule has 0 unspecified atom stereocenters. The van der Waals surface area contributed by atoms with Gasteiger partial charge in [0.05, 0.1) is 13.2 Å². The molecule has 0 fully saturated rings. The van der Waals surface area contributed by atoms with Gasteiger partial charge in [-0.3, -0.25) is 0 Å². The molecule has 0 aliphatic heterocycles. The normalized spacial score (nSPS) is 10.1. The summed E-state index contributed by atoms with van der Waals surface area (Å²) in [5.41, 5.74) is 0. The Balaban J connectivity index is 2.15. The standard InChI is InChI=1S/C10H14FNO2/c11-9-1-3-10(4-2-9)14-8-6-12-5-7-13/h1-4,12-13H,5-8H2/p+1. The molecule has 3 nitrogen and oxygen atoms in total. The number of ether oxygens (including phenoxy) is 1. The maximum absolute atomic E-state index is 12.5. The van der Waals surface area contributed by atoms with Gasteiger partial charge in [-0.2, -0.15) is 0 Å². The fourth-order valence-electron chi connectivity index (χ4n) is 1.03. The van der Waals surface area contributed by atoms with Crippen LogP contribution in [0.5, 0.6) is 5.75 Å². The maximum atomic E-state index is 12.5. The van der Waals surface area contributed by atoms with Crippen molar-refractivity contribution >= 4 is 0 Å². The number of aliphatic hydroxyl groups is 1. The van der Waals surface area contributed by atoms with E-state index >= 15 is 0 Å². The molecule has 14 heavy (non-hydrogen) atoms. The molecule has 0 saturated carbocycles. The van der Waals surface area contributed by atoms with Gasteiger partial charge >= 0.3 is 0 Å². The fraction of sp³-hybridized carbons (Fsp3) is 0.400. The van der Waals surface area contributed by atoms with Crippen molar-refractivity contribution in [3.05, 3.63) is 30.1 Å². The molecule has 1 aromatic rings. The number of quaternary nitrogens is 1. The summed E-state index contributed by atoms with van der Waals surface area (Å²) >= 11 is 0. The molecule has 78 valence electrons. The highest BCUT2D eigenvalue weighted by molar-refractivity contribution is 5.21. The molecular formula is C10H15FNO2+. The summed E-state index contributed by atoms with van der Waals surface area (Å²) in [6, 6.07) is 5.93. The molecule has 1 aromatic carbocycles. The third kappa shape index (κ3) is 4.20. The van der Waals surface area contributed by atoms with Crippen molar-refractivity contribution in [1.29, 1.82) is 0 Å². The van der Waals surface area contributed by atoms with E-state index in [1.807, 2.05) is 5.32 Å². The Morgan fingerprint density at radius 3 is 2.57 bits per heavy atom. The second kappa shape index (κ2) is 6.34. The minimum Gasteiger partial charge on any atom is -0.488 e. The summed E-state index contributed by atoms with van der Waals surface area (Å²) in [6.07, 6.45) is 0. The van der Waals surface area contributed by atoms with Crippen LogP contribution in [0.4, 0.5) is 4.39 Å². The quantitative estimate of drug-likeness (QED) is 0.623. The van der Waals surface area contributed by atoms with Gasteiger partial charge in [-0.1, -0.05) is 0 Å². The summed E-state index contributed by atoms with van der Waals surface area (Å²) in [5.74, 6) is 0.410. The molecule has 0 aliphatic rings. The minimum atomic E-state index is -0.260. The van der Waals surface area contributed by atoms with Gasteiger partial charge in [0.1, 0.15) is 24.7 Å². The number of hydrogen-bond acceptors (Lipinski definition) is 2. The summed E-state index contributed by atoms with van der Waals surface area (Å²) < 4.78 is 17.8. The highest BCUT2D eigenvalue weighted by atomic mass is 19.1. The molecule has 0 bridgehead atoms. The average molecular weight is 200 g/mol. The second-order valence-electron chi connectivity index (χ2n) is 2.89. The van der Waals surface area contributed by atoms with Gasteiger partial charge in [0.2, 0.25) is 0 Å². The Kier molecular flexibility index (Phi) is 4.96. The Morgan fingerprint density at radius 1 is 1.21 bits per heavy atom. The number of hydrogen-bond donors (Lipinski definition) is 2. The van der Waals surface area contributed by atoms with Crippen LogP contribution in [0.3, 0.4) is 0 Å². The van der Waals surface area contributed by atoms with Gasteiger partial charge in [0.25, 0.3) is 0 Å². The molecule has 0 spiro atoms.